The maximum Gasteiger partial charge on any atom is 0.452 e. The lowest BCUT2D eigenvalue weighted by atomic mass is 10.2. The highest BCUT2D eigenvalue weighted by Crippen LogP contribution is 2.32. The summed E-state index contributed by atoms with van der Waals surface area (Å²) >= 11 is 0.576. The predicted molar refractivity (Wildman–Crippen MR) is 52.9 cm³/mol. The zero-order chi connectivity index (χ0) is 12.6. The highest BCUT2D eigenvalue weighted by molar-refractivity contribution is 7.09. The molecule has 17 heavy (non-hydrogen) atoms. The van der Waals surface area contributed by atoms with Crippen molar-refractivity contribution >= 4 is 22.6 Å². The maximum atomic E-state index is 12.3. The van der Waals surface area contributed by atoms with Gasteiger partial charge in [-0.2, -0.15) is 22.5 Å². The van der Waals surface area contributed by atoms with E-state index in [-0.39, 0.29) is 5.13 Å². The number of aliphatic carboxylic acids is 1. The normalized spacial score (nSPS) is 20.9. The molecule has 0 bridgehead atoms. The van der Waals surface area contributed by atoms with E-state index < -0.39 is 24.0 Å². The van der Waals surface area contributed by atoms with E-state index in [1.165, 1.54) is 4.90 Å². The molecule has 1 aliphatic rings. The molecule has 1 saturated heterocycles. The van der Waals surface area contributed by atoms with Crippen LogP contribution < -0.4 is 4.90 Å². The van der Waals surface area contributed by atoms with Gasteiger partial charge in [0.15, 0.2) is 0 Å². The van der Waals surface area contributed by atoms with Crippen LogP contribution in [0.4, 0.5) is 18.3 Å². The first-order valence-corrected chi connectivity index (χ1v) is 5.57. The molecule has 0 aromatic carbocycles. The first kappa shape index (κ1) is 12.1. The van der Waals surface area contributed by atoms with Crippen molar-refractivity contribution in [2.24, 2.45) is 0 Å². The largest absolute Gasteiger partial charge is 0.480 e. The van der Waals surface area contributed by atoms with Gasteiger partial charge in [-0.1, -0.05) is 0 Å². The molecule has 2 rings (SSSR count). The molecular formula is C8H8F3N3O2S. The van der Waals surface area contributed by atoms with Crippen LogP contribution in [0.2, 0.25) is 0 Å². The first-order valence-electron chi connectivity index (χ1n) is 4.80. The minimum Gasteiger partial charge on any atom is -0.480 e. The van der Waals surface area contributed by atoms with E-state index in [1.54, 1.807) is 0 Å². The van der Waals surface area contributed by atoms with Crippen LogP contribution in [0.15, 0.2) is 0 Å². The average Bonchev–Trinajstić information content (AvgIpc) is 2.85. The molecule has 0 aliphatic carbocycles. The molecule has 0 unspecified atom stereocenters. The molecule has 9 heteroatoms. The number of anilines is 1. The minimum atomic E-state index is -4.59. The Labute approximate surface area is 98.0 Å². The quantitative estimate of drug-likeness (QED) is 0.881. The summed E-state index contributed by atoms with van der Waals surface area (Å²) in [5, 5.41) is 8.92. The van der Waals surface area contributed by atoms with Gasteiger partial charge in [-0.15, -0.1) is 0 Å². The van der Waals surface area contributed by atoms with Crippen molar-refractivity contribution in [2.75, 3.05) is 11.4 Å². The van der Waals surface area contributed by atoms with E-state index in [0.717, 1.165) is 0 Å². The van der Waals surface area contributed by atoms with Crippen LogP contribution in [-0.4, -0.2) is 33.0 Å². The molecule has 0 radical (unpaired) electrons. The Bertz CT molecular complexity index is 434. The van der Waals surface area contributed by atoms with Gasteiger partial charge in [0.25, 0.3) is 0 Å². The Hall–Kier alpha value is -1.38. The number of aromatic nitrogens is 2. The SMILES string of the molecule is O=C(O)[C@@H]1CCCN1c1nc(C(F)(F)F)ns1. The fraction of sp³-hybridized carbons (Fsp3) is 0.625. The molecule has 1 N–H and O–H groups in total. The number of carboxylic acids is 1. The van der Waals surface area contributed by atoms with E-state index in [9.17, 15) is 18.0 Å². The summed E-state index contributed by atoms with van der Waals surface area (Å²) < 4.78 is 40.1. The lowest BCUT2D eigenvalue weighted by Gasteiger charge is -2.19. The lowest BCUT2D eigenvalue weighted by molar-refractivity contribution is -0.144. The smallest absolute Gasteiger partial charge is 0.452 e. The fourth-order valence-electron chi connectivity index (χ4n) is 1.70. The van der Waals surface area contributed by atoms with E-state index in [4.69, 9.17) is 5.11 Å². The molecule has 1 aliphatic heterocycles. The number of hydrogen-bond acceptors (Lipinski definition) is 5. The minimum absolute atomic E-state index is 0.0159. The zero-order valence-corrected chi connectivity index (χ0v) is 9.25. The third-order valence-corrected chi connectivity index (χ3v) is 3.21. The molecule has 0 spiro atoms. The van der Waals surface area contributed by atoms with Crippen LogP contribution in [-0.2, 0) is 11.0 Å². The number of nitrogens with zero attached hydrogens (tertiary/aromatic N) is 3. The van der Waals surface area contributed by atoms with Gasteiger partial charge in [0.1, 0.15) is 6.04 Å². The Morgan fingerprint density at radius 3 is 2.76 bits per heavy atom. The molecule has 2 heterocycles. The highest BCUT2D eigenvalue weighted by atomic mass is 32.1. The van der Waals surface area contributed by atoms with Gasteiger partial charge in [-0.3, -0.25) is 0 Å². The van der Waals surface area contributed by atoms with Crippen molar-refractivity contribution in [3.8, 4) is 0 Å². The second kappa shape index (κ2) is 4.13. The van der Waals surface area contributed by atoms with Crippen LogP contribution >= 0.6 is 11.5 Å². The van der Waals surface area contributed by atoms with Crippen molar-refractivity contribution < 1.29 is 23.1 Å². The Morgan fingerprint density at radius 2 is 2.24 bits per heavy atom. The van der Waals surface area contributed by atoms with Crippen LogP contribution in [0.1, 0.15) is 18.7 Å². The van der Waals surface area contributed by atoms with Crippen molar-refractivity contribution in [2.45, 2.75) is 25.1 Å². The second-order valence-corrected chi connectivity index (χ2v) is 4.32. The average molecular weight is 267 g/mol. The Balaban J connectivity index is 2.23. The van der Waals surface area contributed by atoms with Gasteiger partial charge in [0.05, 0.1) is 0 Å². The summed E-state index contributed by atoms with van der Waals surface area (Å²) in [4.78, 5) is 15.6. The topological polar surface area (TPSA) is 66.3 Å². The fourth-order valence-corrected chi connectivity index (χ4v) is 2.46. The number of hydrogen-bond donors (Lipinski definition) is 1. The van der Waals surface area contributed by atoms with Crippen LogP contribution in [0.25, 0.3) is 0 Å². The molecule has 0 amide bonds. The Morgan fingerprint density at radius 1 is 1.53 bits per heavy atom. The van der Waals surface area contributed by atoms with Crippen LogP contribution in [0.3, 0.4) is 0 Å². The van der Waals surface area contributed by atoms with Crippen molar-refractivity contribution in [1.29, 1.82) is 0 Å². The van der Waals surface area contributed by atoms with Gasteiger partial charge >= 0.3 is 12.1 Å². The van der Waals surface area contributed by atoms with Gasteiger partial charge in [0.2, 0.25) is 11.0 Å². The maximum absolute atomic E-state index is 12.3. The van der Waals surface area contributed by atoms with Gasteiger partial charge in [0, 0.05) is 18.1 Å². The third-order valence-electron chi connectivity index (χ3n) is 2.45. The van der Waals surface area contributed by atoms with Crippen LogP contribution in [0.5, 0.6) is 0 Å². The molecule has 0 saturated carbocycles. The second-order valence-electron chi connectivity index (χ2n) is 3.59. The molecule has 1 atom stereocenters. The van der Waals surface area contributed by atoms with E-state index in [0.29, 0.717) is 30.9 Å². The van der Waals surface area contributed by atoms with Crippen LogP contribution in [0, 0.1) is 0 Å². The predicted octanol–water partition coefficient (Wildman–Crippen LogP) is 1.61. The van der Waals surface area contributed by atoms with E-state index in [2.05, 4.69) is 9.36 Å². The summed E-state index contributed by atoms with van der Waals surface area (Å²) in [6.07, 6.45) is -3.55. The molecule has 1 aromatic rings. The highest BCUT2D eigenvalue weighted by Gasteiger charge is 2.39. The van der Waals surface area contributed by atoms with Crippen molar-refractivity contribution in [3.63, 3.8) is 0 Å². The summed E-state index contributed by atoms with van der Waals surface area (Å²) in [6, 6.07) is -0.802. The number of alkyl halides is 3. The van der Waals surface area contributed by atoms with Gasteiger partial charge < -0.3 is 10.0 Å². The number of carbonyl (C=O) groups is 1. The summed E-state index contributed by atoms with van der Waals surface area (Å²) in [6.45, 7) is 0.392. The molecule has 94 valence electrons. The van der Waals surface area contributed by atoms with E-state index in [1.807, 2.05) is 0 Å². The molecule has 1 fully saturated rings. The lowest BCUT2D eigenvalue weighted by Crippen LogP contribution is -2.35. The summed E-state index contributed by atoms with van der Waals surface area (Å²) in [7, 11) is 0. The van der Waals surface area contributed by atoms with Crippen molar-refractivity contribution in [3.05, 3.63) is 5.82 Å². The van der Waals surface area contributed by atoms with Gasteiger partial charge in [-0.05, 0) is 12.8 Å². The van der Waals surface area contributed by atoms with Gasteiger partial charge in [-0.25, -0.2) is 4.79 Å². The zero-order valence-electron chi connectivity index (χ0n) is 8.44. The van der Waals surface area contributed by atoms with E-state index >= 15 is 0 Å². The molecular weight excluding hydrogens is 259 g/mol. The Kier molecular flexibility index (Phi) is 2.94. The number of rotatable bonds is 2. The first-order chi connectivity index (χ1) is 7.89. The summed E-state index contributed by atoms with van der Waals surface area (Å²) in [5.74, 6) is -2.26. The van der Waals surface area contributed by atoms with Crippen molar-refractivity contribution in [1.82, 2.24) is 9.36 Å². The molecule has 1 aromatic heterocycles. The molecule has 5 nitrogen and oxygen atoms in total. The third kappa shape index (κ3) is 2.33. The number of carboxylic acid groups (broad SMARTS) is 1. The monoisotopic (exact) mass is 267 g/mol. The number of halogens is 3. The standard InChI is InChI=1S/C8H8F3N3O2S/c9-8(10,11)6-12-7(17-13-6)14-3-1-2-4(14)5(15)16/h4H,1-3H2,(H,15,16)/t4-/m0/s1. The summed E-state index contributed by atoms with van der Waals surface area (Å²) in [5.41, 5.74) is 0.